The number of benzene rings is 1. The highest BCUT2D eigenvalue weighted by atomic mass is 16.5. The maximum absolute atomic E-state index is 11.3. The first-order valence-electron chi connectivity index (χ1n) is 6.21. The van der Waals surface area contributed by atoms with Gasteiger partial charge in [-0.2, -0.15) is 0 Å². The lowest BCUT2D eigenvalue weighted by Crippen LogP contribution is -2.01. The molecule has 0 bridgehead atoms. The van der Waals surface area contributed by atoms with Crippen LogP contribution in [0, 0.1) is 13.8 Å². The molecule has 2 rings (SSSR count). The normalized spacial score (nSPS) is 10.3. The first-order valence-corrected chi connectivity index (χ1v) is 6.21. The van der Waals surface area contributed by atoms with Gasteiger partial charge in [0.1, 0.15) is 17.8 Å². The number of rotatable bonds is 4. The maximum Gasteiger partial charge on any atom is 0.341 e. The third-order valence-electron chi connectivity index (χ3n) is 3.16. The summed E-state index contributed by atoms with van der Waals surface area (Å²) in [5, 5.41) is 13.0. The van der Waals surface area contributed by atoms with Gasteiger partial charge in [0.2, 0.25) is 0 Å². The van der Waals surface area contributed by atoms with Gasteiger partial charge in [-0.25, -0.2) is 4.79 Å². The third kappa shape index (κ3) is 2.77. The van der Waals surface area contributed by atoms with E-state index in [4.69, 9.17) is 4.42 Å². The van der Waals surface area contributed by atoms with Gasteiger partial charge in [0, 0.05) is 11.3 Å². The van der Waals surface area contributed by atoms with Crippen molar-refractivity contribution in [2.75, 3.05) is 12.4 Å². The largest absolute Gasteiger partial charge is 0.507 e. The number of carbonyl (C=O) groups is 1. The van der Waals surface area contributed by atoms with Crippen molar-refractivity contribution in [2.24, 2.45) is 0 Å². The van der Waals surface area contributed by atoms with Gasteiger partial charge in [0.15, 0.2) is 0 Å². The Labute approximate surface area is 117 Å². The molecule has 2 N–H and O–H groups in total. The molecule has 0 radical (unpaired) electrons. The van der Waals surface area contributed by atoms with E-state index in [1.807, 2.05) is 26.0 Å². The first-order chi connectivity index (χ1) is 9.52. The fourth-order valence-corrected chi connectivity index (χ4v) is 1.91. The van der Waals surface area contributed by atoms with Gasteiger partial charge >= 0.3 is 5.97 Å². The molecule has 0 aliphatic heterocycles. The smallest absolute Gasteiger partial charge is 0.341 e. The van der Waals surface area contributed by atoms with Crippen LogP contribution in [0.25, 0.3) is 0 Å². The number of nitrogens with one attached hydrogen (secondary N) is 1. The SMILES string of the molecule is COC(=O)c1coc(CNc2ccc(C)c(O)c2C)c1. The number of anilines is 1. The van der Waals surface area contributed by atoms with Crippen molar-refractivity contribution >= 4 is 11.7 Å². The van der Waals surface area contributed by atoms with Crippen LogP contribution in [-0.4, -0.2) is 18.2 Å². The molecule has 20 heavy (non-hydrogen) atoms. The van der Waals surface area contributed by atoms with Crippen LogP contribution in [0.1, 0.15) is 27.2 Å². The highest BCUT2D eigenvalue weighted by molar-refractivity contribution is 5.89. The standard InChI is InChI=1S/C15H17NO4/c1-9-4-5-13(10(2)14(9)17)16-7-12-6-11(8-20-12)15(18)19-3/h4-6,8,16-17H,7H2,1-3H3. The summed E-state index contributed by atoms with van der Waals surface area (Å²) in [6.07, 6.45) is 1.36. The summed E-state index contributed by atoms with van der Waals surface area (Å²) < 4.78 is 9.89. The van der Waals surface area contributed by atoms with E-state index in [9.17, 15) is 9.90 Å². The fraction of sp³-hybridized carbons (Fsp3) is 0.267. The van der Waals surface area contributed by atoms with Crippen molar-refractivity contribution in [1.29, 1.82) is 0 Å². The first kappa shape index (κ1) is 14.0. The summed E-state index contributed by atoms with van der Waals surface area (Å²) in [5.74, 6) is 0.471. The molecule has 0 fully saturated rings. The van der Waals surface area contributed by atoms with Crippen molar-refractivity contribution in [1.82, 2.24) is 0 Å². The molecule has 0 amide bonds. The minimum atomic E-state index is -0.427. The van der Waals surface area contributed by atoms with Crippen LogP contribution in [-0.2, 0) is 11.3 Å². The van der Waals surface area contributed by atoms with Gasteiger partial charge in [-0.15, -0.1) is 0 Å². The van der Waals surface area contributed by atoms with Gasteiger partial charge in [-0.3, -0.25) is 0 Å². The number of methoxy groups -OCH3 is 1. The molecule has 0 atom stereocenters. The second-order valence-electron chi connectivity index (χ2n) is 4.55. The predicted molar refractivity (Wildman–Crippen MR) is 75.0 cm³/mol. The Kier molecular flexibility index (Phi) is 3.98. The molecule has 0 saturated heterocycles. The highest BCUT2D eigenvalue weighted by Gasteiger charge is 2.11. The highest BCUT2D eigenvalue weighted by Crippen LogP contribution is 2.28. The van der Waals surface area contributed by atoms with Gasteiger partial charge in [0.05, 0.1) is 19.2 Å². The number of phenols is 1. The number of aromatic hydroxyl groups is 1. The van der Waals surface area contributed by atoms with E-state index < -0.39 is 5.97 Å². The van der Waals surface area contributed by atoms with Crippen LogP contribution < -0.4 is 5.32 Å². The number of furan rings is 1. The Morgan fingerprint density at radius 2 is 2.15 bits per heavy atom. The van der Waals surface area contributed by atoms with Crippen LogP contribution in [0.15, 0.2) is 28.9 Å². The van der Waals surface area contributed by atoms with Crippen molar-refractivity contribution in [3.63, 3.8) is 0 Å². The third-order valence-corrected chi connectivity index (χ3v) is 3.16. The van der Waals surface area contributed by atoms with Gasteiger partial charge in [0.25, 0.3) is 0 Å². The molecule has 106 valence electrons. The summed E-state index contributed by atoms with van der Waals surface area (Å²) in [6, 6.07) is 5.36. The molecule has 5 nitrogen and oxygen atoms in total. The second-order valence-corrected chi connectivity index (χ2v) is 4.55. The van der Waals surface area contributed by atoms with E-state index in [2.05, 4.69) is 10.1 Å². The Morgan fingerprint density at radius 1 is 1.40 bits per heavy atom. The Balaban J connectivity index is 2.07. The zero-order chi connectivity index (χ0) is 14.7. The van der Waals surface area contributed by atoms with Crippen molar-refractivity contribution in [3.05, 3.63) is 46.9 Å². The van der Waals surface area contributed by atoms with Crippen molar-refractivity contribution in [2.45, 2.75) is 20.4 Å². The van der Waals surface area contributed by atoms with Crippen molar-refractivity contribution in [3.8, 4) is 5.75 Å². The summed E-state index contributed by atoms with van der Waals surface area (Å²) in [7, 11) is 1.33. The van der Waals surface area contributed by atoms with Crippen molar-refractivity contribution < 1.29 is 19.1 Å². The molecule has 0 spiro atoms. The number of hydrogen-bond donors (Lipinski definition) is 2. The zero-order valence-corrected chi connectivity index (χ0v) is 11.7. The lowest BCUT2D eigenvalue weighted by Gasteiger charge is -2.11. The van der Waals surface area contributed by atoms with Crippen LogP contribution in [0.3, 0.4) is 0 Å². The summed E-state index contributed by atoms with van der Waals surface area (Å²) in [4.78, 5) is 11.3. The number of esters is 1. The molecular weight excluding hydrogens is 258 g/mol. The van der Waals surface area contributed by atoms with Crippen LogP contribution in [0.4, 0.5) is 5.69 Å². The van der Waals surface area contributed by atoms with E-state index in [0.29, 0.717) is 17.9 Å². The van der Waals surface area contributed by atoms with Crippen LogP contribution in [0.5, 0.6) is 5.75 Å². The number of ether oxygens (including phenoxy) is 1. The van der Waals surface area contributed by atoms with Crippen LogP contribution in [0.2, 0.25) is 0 Å². The van der Waals surface area contributed by atoms with Gasteiger partial charge < -0.3 is 19.6 Å². The summed E-state index contributed by atoms with van der Waals surface area (Å²) in [6.45, 7) is 4.11. The van der Waals surface area contributed by atoms with E-state index in [1.165, 1.54) is 13.4 Å². The average molecular weight is 275 g/mol. The van der Waals surface area contributed by atoms with Gasteiger partial charge in [-0.05, 0) is 31.5 Å². The number of phenolic OH excluding ortho intramolecular Hbond substituents is 1. The molecule has 0 saturated carbocycles. The quantitative estimate of drug-likeness (QED) is 0.839. The minimum absolute atomic E-state index is 0.282. The molecular formula is C15H17NO4. The topological polar surface area (TPSA) is 71.7 Å². The number of carbonyl (C=O) groups excluding carboxylic acids is 1. The van der Waals surface area contributed by atoms with Crippen LogP contribution >= 0.6 is 0 Å². The zero-order valence-electron chi connectivity index (χ0n) is 11.7. The summed E-state index contributed by atoms with van der Waals surface area (Å²) in [5.41, 5.74) is 2.82. The molecule has 1 heterocycles. The molecule has 0 aliphatic rings. The lowest BCUT2D eigenvalue weighted by atomic mass is 10.1. The molecule has 1 aromatic heterocycles. The molecule has 5 heteroatoms. The molecule has 0 unspecified atom stereocenters. The number of hydrogen-bond acceptors (Lipinski definition) is 5. The summed E-state index contributed by atoms with van der Waals surface area (Å²) >= 11 is 0. The fourth-order valence-electron chi connectivity index (χ4n) is 1.91. The average Bonchev–Trinajstić information content (AvgIpc) is 2.92. The van der Waals surface area contributed by atoms with E-state index in [1.54, 1.807) is 6.07 Å². The Morgan fingerprint density at radius 3 is 2.85 bits per heavy atom. The lowest BCUT2D eigenvalue weighted by molar-refractivity contribution is 0.0600. The predicted octanol–water partition coefficient (Wildman–Crippen LogP) is 3.00. The Hall–Kier alpha value is -2.43. The number of aryl methyl sites for hydroxylation is 1. The molecule has 1 aromatic carbocycles. The van der Waals surface area contributed by atoms with E-state index in [-0.39, 0.29) is 5.75 Å². The van der Waals surface area contributed by atoms with Gasteiger partial charge in [-0.1, -0.05) is 6.07 Å². The van der Waals surface area contributed by atoms with E-state index in [0.717, 1.165) is 16.8 Å². The minimum Gasteiger partial charge on any atom is -0.507 e. The Bertz CT molecular complexity index is 631. The second kappa shape index (κ2) is 5.69. The monoisotopic (exact) mass is 275 g/mol. The maximum atomic E-state index is 11.3. The molecule has 2 aromatic rings. The molecule has 0 aliphatic carbocycles. The van der Waals surface area contributed by atoms with E-state index >= 15 is 0 Å².